The van der Waals surface area contributed by atoms with Crippen molar-refractivity contribution in [3.8, 4) is 0 Å². The van der Waals surface area contributed by atoms with Crippen LogP contribution in [-0.4, -0.2) is 19.8 Å². The number of hydrogen-bond acceptors (Lipinski definition) is 6. The SMILES string of the molecule is [2H]OP(=O)(O[2H])OOOC. The summed E-state index contributed by atoms with van der Waals surface area (Å²) in [6.07, 6.45) is 0. The van der Waals surface area contributed by atoms with Crippen molar-refractivity contribution in [1.82, 2.24) is 0 Å². The number of phosphoric acid groups is 1. The van der Waals surface area contributed by atoms with Crippen molar-refractivity contribution in [2.24, 2.45) is 0 Å². The molecule has 0 saturated carbocycles. The van der Waals surface area contributed by atoms with Crippen LogP contribution in [0.15, 0.2) is 0 Å². The fourth-order valence-electron chi connectivity index (χ4n) is 0.0677. The molecule has 8 heavy (non-hydrogen) atoms. The number of hydrogen-bond donors (Lipinski definition) is 2. The zero-order valence-electron chi connectivity index (χ0n) is 5.90. The maximum Gasteiger partial charge on any atom is 0.499 e. The van der Waals surface area contributed by atoms with Crippen LogP contribution in [0.5, 0.6) is 0 Å². The van der Waals surface area contributed by atoms with E-state index in [9.17, 15) is 4.57 Å². The Balaban J connectivity index is 3.70. The zero-order chi connectivity index (χ0) is 8.04. The van der Waals surface area contributed by atoms with Crippen LogP contribution < -0.4 is 0 Å². The third kappa shape index (κ3) is 6.03. The third-order valence-corrected chi connectivity index (χ3v) is 0.433. The summed E-state index contributed by atoms with van der Waals surface area (Å²) < 4.78 is 26.3. The summed E-state index contributed by atoms with van der Waals surface area (Å²) in [6.45, 7) is 0. The maximum atomic E-state index is 10.5. The van der Waals surface area contributed by atoms with Crippen LogP contribution >= 0.6 is 7.82 Å². The lowest BCUT2D eigenvalue weighted by Gasteiger charge is -1.98. The van der Waals surface area contributed by atoms with E-state index in [1.807, 2.05) is 0 Å². The Morgan fingerprint density at radius 1 is 1.75 bits per heavy atom. The van der Waals surface area contributed by atoms with Gasteiger partial charge in [-0.1, -0.05) is 9.71 Å². The van der Waals surface area contributed by atoms with Gasteiger partial charge < -0.3 is 9.79 Å². The van der Waals surface area contributed by atoms with Gasteiger partial charge in [0.25, 0.3) is 0 Å². The first-order valence-corrected chi connectivity index (χ1v) is 2.93. The van der Waals surface area contributed by atoms with Gasteiger partial charge in [0.1, 0.15) is 0 Å². The molecule has 0 fully saturated rings. The highest BCUT2D eigenvalue weighted by Gasteiger charge is 2.14. The molecule has 0 bridgehead atoms. The van der Waals surface area contributed by atoms with Crippen molar-refractivity contribution >= 4 is 7.82 Å². The Bertz CT molecular complexity index is 119. The van der Waals surface area contributed by atoms with Crippen molar-refractivity contribution in [3.63, 3.8) is 0 Å². The molecule has 7 heteroatoms. The summed E-state index contributed by atoms with van der Waals surface area (Å²) in [5.74, 6) is 0. The summed E-state index contributed by atoms with van der Waals surface area (Å²) in [7, 11) is -3.14. The lowest BCUT2D eigenvalue weighted by Crippen LogP contribution is -1.89. The van der Waals surface area contributed by atoms with Gasteiger partial charge in [0, 0.05) is 0 Å². The molecule has 0 aromatic heterocycles. The summed E-state index contributed by atoms with van der Waals surface area (Å²) in [5, 5.41) is 3.63. The van der Waals surface area contributed by atoms with Gasteiger partial charge in [-0.05, 0) is 0 Å². The van der Waals surface area contributed by atoms with Gasteiger partial charge in [-0.25, -0.2) is 9.45 Å². The summed E-state index contributed by atoms with van der Waals surface area (Å²) >= 11 is 0. The summed E-state index contributed by atoms with van der Waals surface area (Å²) in [6, 6.07) is 0. The van der Waals surface area contributed by atoms with Crippen LogP contribution in [0, 0.1) is 0 Å². The second-order valence-corrected chi connectivity index (χ2v) is 1.80. The monoisotopic (exact) mass is 146 g/mol. The minimum absolute atomic E-state index is 1.07. The molecule has 0 aliphatic carbocycles. The minimum atomic E-state index is -4.21. The Hall–Kier alpha value is 0.0300. The van der Waals surface area contributed by atoms with E-state index in [4.69, 9.17) is 2.86 Å². The first-order valence-electron chi connectivity index (χ1n) is 2.29. The van der Waals surface area contributed by atoms with E-state index < -0.39 is 7.82 Å². The van der Waals surface area contributed by atoms with Gasteiger partial charge in [0.05, 0.1) is 7.11 Å². The predicted molar refractivity (Wildman–Crippen MR) is 21.2 cm³/mol. The van der Waals surface area contributed by atoms with E-state index in [1.54, 1.807) is 0 Å². The van der Waals surface area contributed by atoms with Gasteiger partial charge in [-0.15, -0.1) is 0 Å². The highest BCUT2D eigenvalue weighted by molar-refractivity contribution is 7.46. The molecular formula is CH5O6P. The molecule has 0 saturated heterocycles. The molecule has 0 aliphatic heterocycles. The van der Waals surface area contributed by atoms with Crippen molar-refractivity contribution < 1.29 is 29.0 Å². The van der Waals surface area contributed by atoms with E-state index >= 15 is 0 Å². The zero-order valence-corrected chi connectivity index (χ0v) is 4.79. The number of rotatable bonds is 5. The van der Waals surface area contributed by atoms with E-state index in [0.29, 0.717) is 0 Å². The lowest BCUT2D eigenvalue weighted by atomic mass is 11.8. The van der Waals surface area contributed by atoms with Crippen LogP contribution in [0.25, 0.3) is 0 Å². The van der Waals surface area contributed by atoms with Crippen molar-refractivity contribution in [1.29, 1.82) is 2.86 Å². The van der Waals surface area contributed by atoms with Crippen LogP contribution in [0.4, 0.5) is 0 Å². The second-order valence-electron chi connectivity index (χ2n) is 0.756. The molecule has 50 valence electrons. The third-order valence-electron chi connectivity index (χ3n) is 0.190. The van der Waals surface area contributed by atoms with Gasteiger partial charge in [0.15, 0.2) is 0 Å². The standard InChI is InChI=1S/CH5O6P/c1-5-6-7-8(2,3)4/h1H3,(H2,2,3,4)/i/hD2. The van der Waals surface area contributed by atoms with E-state index in [-0.39, 0.29) is 0 Å². The molecule has 6 nitrogen and oxygen atoms in total. The molecule has 0 unspecified atom stereocenters. The fourth-order valence-corrected chi connectivity index (χ4v) is 0.203. The second kappa shape index (κ2) is 3.13. The molecule has 0 heterocycles. The average Bonchev–Trinajstić information content (AvgIpc) is 2.00. The van der Waals surface area contributed by atoms with Crippen LogP contribution in [0.1, 0.15) is 0 Å². The Kier molecular flexibility index (Phi) is 1.91. The quantitative estimate of drug-likeness (QED) is 0.311. The van der Waals surface area contributed by atoms with Crippen LogP contribution in [0.3, 0.4) is 0 Å². The molecule has 2 N–H and O–H groups in total. The summed E-state index contributed by atoms with van der Waals surface area (Å²) in [5.41, 5.74) is 0. The predicted octanol–water partition coefficient (Wildman–Crippen LogP) is -0.411. The average molecular weight is 146 g/mol. The smallest absolute Gasteiger partial charge is 0.301 e. The first kappa shape index (κ1) is 4.87. The van der Waals surface area contributed by atoms with Crippen molar-refractivity contribution in [2.45, 2.75) is 0 Å². The van der Waals surface area contributed by atoms with E-state index in [2.05, 4.69) is 24.4 Å². The van der Waals surface area contributed by atoms with Crippen LogP contribution in [0.2, 0.25) is 0 Å². The van der Waals surface area contributed by atoms with Gasteiger partial charge in [-0.2, -0.15) is 0 Å². The molecule has 0 aromatic rings. The van der Waals surface area contributed by atoms with E-state index in [0.717, 1.165) is 7.11 Å². The molecule has 0 aromatic carbocycles. The largest absolute Gasteiger partial charge is 0.499 e. The Morgan fingerprint density at radius 2 is 2.38 bits per heavy atom. The lowest BCUT2D eigenvalue weighted by molar-refractivity contribution is -0.460. The highest BCUT2D eigenvalue weighted by atomic mass is 31.2. The fraction of sp³-hybridized carbons (Fsp3) is 1.00. The van der Waals surface area contributed by atoms with Crippen molar-refractivity contribution in [3.05, 3.63) is 0 Å². The normalized spacial score (nSPS) is 15.1. The molecule has 0 radical (unpaired) electrons. The van der Waals surface area contributed by atoms with E-state index in [1.165, 1.54) is 0 Å². The topological polar surface area (TPSA) is 85.2 Å². The Labute approximate surface area is 48.1 Å². The Morgan fingerprint density at radius 3 is 2.75 bits per heavy atom. The minimum Gasteiger partial charge on any atom is -0.301 e. The molecule has 0 amide bonds. The maximum absolute atomic E-state index is 10.5. The highest BCUT2D eigenvalue weighted by Crippen LogP contribution is 2.35. The van der Waals surface area contributed by atoms with Crippen LogP contribution in [-0.2, 0) is 19.2 Å². The molecule has 0 aliphatic rings. The first-order chi connectivity index (χ1) is 4.68. The molecule has 0 spiro atoms. The molecule has 0 rings (SSSR count). The van der Waals surface area contributed by atoms with Gasteiger partial charge in [0.2, 0.25) is 2.86 Å². The van der Waals surface area contributed by atoms with Crippen molar-refractivity contribution in [2.75, 3.05) is 7.11 Å². The van der Waals surface area contributed by atoms with Gasteiger partial charge in [-0.3, -0.25) is 0 Å². The molecule has 0 atom stereocenters. The molecular weight excluding hydrogens is 139 g/mol. The van der Waals surface area contributed by atoms with Gasteiger partial charge >= 0.3 is 7.82 Å². The summed E-state index contributed by atoms with van der Waals surface area (Å²) in [4.78, 5) is 10.5.